The molecule has 0 amide bonds. The van der Waals surface area contributed by atoms with Gasteiger partial charge < -0.3 is 10.2 Å². The van der Waals surface area contributed by atoms with Crippen molar-refractivity contribution < 1.29 is 13.2 Å². The summed E-state index contributed by atoms with van der Waals surface area (Å²) in [4.78, 5) is 2.22. The maximum absolute atomic E-state index is 12.1. The number of hydrogen-bond donors (Lipinski definition) is 1. The van der Waals surface area contributed by atoms with E-state index in [0.717, 1.165) is 19.4 Å². The van der Waals surface area contributed by atoms with Crippen molar-refractivity contribution in [1.82, 2.24) is 10.2 Å². The zero-order valence-corrected chi connectivity index (χ0v) is 13.6. The van der Waals surface area contributed by atoms with Gasteiger partial charge in [0.25, 0.3) is 0 Å². The average Bonchev–Trinajstić information content (AvgIpc) is 2.32. The van der Waals surface area contributed by atoms with E-state index in [1.807, 2.05) is 6.92 Å². The monoisotopic (exact) mass is 296 g/mol. The highest BCUT2D eigenvalue weighted by Gasteiger charge is 2.26. The minimum Gasteiger partial charge on any atom is -0.313 e. The second-order valence-corrected chi connectivity index (χ2v) is 5.92. The molecule has 0 aliphatic rings. The van der Waals surface area contributed by atoms with Crippen LogP contribution in [0.5, 0.6) is 0 Å². The van der Waals surface area contributed by atoms with Gasteiger partial charge >= 0.3 is 6.18 Å². The summed E-state index contributed by atoms with van der Waals surface area (Å²) in [6.45, 7) is 7.19. The second-order valence-electron chi connectivity index (χ2n) is 5.92. The van der Waals surface area contributed by atoms with E-state index in [1.54, 1.807) is 0 Å². The SMILES string of the molecule is CCC(CC)C(CNC(C)CCCC(F)(F)F)N(C)C. The normalized spacial score (nSPS) is 15.9. The smallest absolute Gasteiger partial charge is 0.313 e. The Hall–Kier alpha value is -0.290. The molecule has 0 fully saturated rings. The fraction of sp³-hybridized carbons (Fsp3) is 1.00. The number of likely N-dealkylation sites (N-methyl/N-ethyl adjacent to an activating group) is 1. The summed E-state index contributed by atoms with van der Waals surface area (Å²) in [5.41, 5.74) is 0. The number of nitrogens with one attached hydrogen (secondary N) is 1. The summed E-state index contributed by atoms with van der Waals surface area (Å²) in [7, 11) is 4.14. The average molecular weight is 296 g/mol. The van der Waals surface area contributed by atoms with Crippen molar-refractivity contribution >= 4 is 0 Å². The van der Waals surface area contributed by atoms with Crippen molar-refractivity contribution in [2.24, 2.45) is 5.92 Å². The van der Waals surface area contributed by atoms with Crippen molar-refractivity contribution in [2.45, 2.75) is 71.1 Å². The van der Waals surface area contributed by atoms with Gasteiger partial charge in [-0.2, -0.15) is 13.2 Å². The molecule has 20 heavy (non-hydrogen) atoms. The summed E-state index contributed by atoms with van der Waals surface area (Å²) >= 11 is 0. The highest BCUT2D eigenvalue weighted by Crippen LogP contribution is 2.22. The third-order valence-electron chi connectivity index (χ3n) is 4.03. The lowest BCUT2D eigenvalue weighted by Crippen LogP contribution is -2.45. The first-order chi connectivity index (χ1) is 9.21. The molecule has 0 saturated carbocycles. The van der Waals surface area contributed by atoms with E-state index < -0.39 is 12.6 Å². The third kappa shape index (κ3) is 8.80. The van der Waals surface area contributed by atoms with Crippen LogP contribution >= 0.6 is 0 Å². The molecule has 122 valence electrons. The lowest BCUT2D eigenvalue weighted by atomic mass is 9.93. The Morgan fingerprint density at radius 1 is 1.10 bits per heavy atom. The molecule has 0 saturated heterocycles. The van der Waals surface area contributed by atoms with E-state index in [0.29, 0.717) is 18.4 Å². The van der Waals surface area contributed by atoms with Crippen molar-refractivity contribution in [3.05, 3.63) is 0 Å². The van der Waals surface area contributed by atoms with Crippen molar-refractivity contribution in [2.75, 3.05) is 20.6 Å². The van der Waals surface area contributed by atoms with Gasteiger partial charge in [-0.05, 0) is 39.8 Å². The van der Waals surface area contributed by atoms with Gasteiger partial charge in [-0.15, -0.1) is 0 Å². The first kappa shape index (κ1) is 19.7. The van der Waals surface area contributed by atoms with Crippen LogP contribution in [0.15, 0.2) is 0 Å². The summed E-state index contributed by atoms with van der Waals surface area (Å²) in [5, 5.41) is 3.39. The standard InChI is InChI=1S/C15H31F3N2/c1-6-13(7-2)14(20(4)5)11-19-12(3)9-8-10-15(16,17)18/h12-14,19H,6-11H2,1-5H3. The Morgan fingerprint density at radius 3 is 2.05 bits per heavy atom. The fourth-order valence-electron chi connectivity index (χ4n) is 2.64. The zero-order chi connectivity index (χ0) is 15.8. The van der Waals surface area contributed by atoms with Gasteiger partial charge in [-0.1, -0.05) is 26.7 Å². The van der Waals surface area contributed by atoms with E-state index in [-0.39, 0.29) is 12.5 Å². The summed E-state index contributed by atoms with van der Waals surface area (Å²) in [6.07, 6.45) is -1.67. The Kier molecular flexibility index (Phi) is 9.47. The Labute approximate surface area is 122 Å². The minimum absolute atomic E-state index is 0.133. The number of alkyl halides is 3. The topological polar surface area (TPSA) is 15.3 Å². The Morgan fingerprint density at radius 2 is 1.65 bits per heavy atom. The van der Waals surface area contributed by atoms with Crippen LogP contribution in [0.2, 0.25) is 0 Å². The van der Waals surface area contributed by atoms with Gasteiger partial charge in [0.2, 0.25) is 0 Å². The molecule has 0 aromatic heterocycles. The highest BCUT2D eigenvalue weighted by atomic mass is 19.4. The van der Waals surface area contributed by atoms with Crippen molar-refractivity contribution in [3.8, 4) is 0 Å². The van der Waals surface area contributed by atoms with Crippen LogP contribution in [0.4, 0.5) is 13.2 Å². The summed E-state index contributed by atoms with van der Waals surface area (Å²) < 4.78 is 36.3. The molecule has 2 atom stereocenters. The highest BCUT2D eigenvalue weighted by molar-refractivity contribution is 4.78. The van der Waals surface area contributed by atoms with Crippen molar-refractivity contribution in [3.63, 3.8) is 0 Å². The molecular formula is C15H31F3N2. The molecular weight excluding hydrogens is 265 g/mol. The molecule has 1 N–H and O–H groups in total. The number of hydrogen-bond acceptors (Lipinski definition) is 2. The predicted octanol–water partition coefficient (Wildman–Crippen LogP) is 4.06. The second kappa shape index (κ2) is 9.61. The van der Waals surface area contributed by atoms with Gasteiger partial charge in [-0.3, -0.25) is 0 Å². The van der Waals surface area contributed by atoms with Crippen LogP contribution in [0.1, 0.15) is 52.9 Å². The summed E-state index contributed by atoms with van der Waals surface area (Å²) in [5.74, 6) is 0.625. The maximum Gasteiger partial charge on any atom is 0.389 e. The van der Waals surface area contributed by atoms with Gasteiger partial charge in [0.15, 0.2) is 0 Å². The Balaban J connectivity index is 4.08. The molecule has 0 heterocycles. The lowest BCUT2D eigenvalue weighted by molar-refractivity contribution is -0.135. The fourth-order valence-corrected chi connectivity index (χ4v) is 2.64. The molecule has 0 aromatic rings. The molecule has 2 unspecified atom stereocenters. The Bertz CT molecular complexity index is 238. The zero-order valence-electron chi connectivity index (χ0n) is 13.6. The third-order valence-corrected chi connectivity index (χ3v) is 4.03. The van der Waals surface area contributed by atoms with Gasteiger partial charge in [0.05, 0.1) is 0 Å². The van der Waals surface area contributed by atoms with E-state index in [1.165, 1.54) is 0 Å². The van der Waals surface area contributed by atoms with Gasteiger partial charge in [0.1, 0.15) is 0 Å². The molecule has 2 nitrogen and oxygen atoms in total. The van der Waals surface area contributed by atoms with Gasteiger partial charge in [0, 0.05) is 25.0 Å². The van der Waals surface area contributed by atoms with Crippen LogP contribution in [-0.2, 0) is 0 Å². The van der Waals surface area contributed by atoms with Crippen molar-refractivity contribution in [1.29, 1.82) is 0 Å². The largest absolute Gasteiger partial charge is 0.389 e. The molecule has 0 aliphatic carbocycles. The molecule has 5 heteroatoms. The quantitative estimate of drug-likeness (QED) is 0.654. The van der Waals surface area contributed by atoms with Crippen LogP contribution < -0.4 is 5.32 Å². The molecule has 0 aromatic carbocycles. The van der Waals surface area contributed by atoms with Crippen LogP contribution in [0.3, 0.4) is 0 Å². The molecule has 0 bridgehead atoms. The number of nitrogens with zero attached hydrogens (tertiary/aromatic N) is 1. The molecule has 0 rings (SSSR count). The van der Waals surface area contributed by atoms with E-state index in [2.05, 4.69) is 38.2 Å². The maximum atomic E-state index is 12.1. The first-order valence-corrected chi connectivity index (χ1v) is 7.67. The van der Waals surface area contributed by atoms with Crippen LogP contribution in [0.25, 0.3) is 0 Å². The van der Waals surface area contributed by atoms with Crippen LogP contribution in [0, 0.1) is 5.92 Å². The molecule has 0 spiro atoms. The van der Waals surface area contributed by atoms with E-state index >= 15 is 0 Å². The number of halogens is 3. The molecule has 0 aliphatic heterocycles. The first-order valence-electron chi connectivity index (χ1n) is 7.67. The molecule has 0 radical (unpaired) electrons. The van der Waals surface area contributed by atoms with E-state index in [9.17, 15) is 13.2 Å². The van der Waals surface area contributed by atoms with Crippen LogP contribution in [-0.4, -0.2) is 43.8 Å². The summed E-state index contributed by atoms with van der Waals surface area (Å²) in [6, 6.07) is 0.573. The number of rotatable bonds is 10. The van der Waals surface area contributed by atoms with Gasteiger partial charge in [-0.25, -0.2) is 0 Å². The lowest BCUT2D eigenvalue weighted by Gasteiger charge is -2.32. The predicted molar refractivity (Wildman–Crippen MR) is 78.9 cm³/mol. The minimum atomic E-state index is -4.03. The van der Waals surface area contributed by atoms with E-state index in [4.69, 9.17) is 0 Å².